The van der Waals surface area contributed by atoms with E-state index in [1.165, 1.54) is 0 Å². The highest BCUT2D eigenvalue weighted by molar-refractivity contribution is 5.73. The topological polar surface area (TPSA) is 55.4 Å². The lowest BCUT2D eigenvalue weighted by atomic mass is 10.3. The molecule has 0 spiro atoms. The van der Waals surface area contributed by atoms with Gasteiger partial charge in [-0.1, -0.05) is 17.3 Å². The first kappa shape index (κ1) is 8.28. The van der Waals surface area contributed by atoms with E-state index in [0.717, 1.165) is 16.7 Å². The number of fused-ring (bicyclic) bond motifs is 1. The lowest BCUT2D eigenvalue weighted by molar-refractivity contribution is 0.656. The molecule has 0 bridgehead atoms. The van der Waals surface area contributed by atoms with E-state index in [1.54, 1.807) is 0 Å². The molecule has 1 aliphatic rings. The molecule has 2 aromatic rings. The van der Waals surface area contributed by atoms with Crippen LogP contribution in [0.15, 0.2) is 46.3 Å². The summed E-state index contributed by atoms with van der Waals surface area (Å²) in [4.78, 5) is 0. The molecule has 0 atom stereocenters. The van der Waals surface area contributed by atoms with Gasteiger partial charge in [-0.05, 0) is 18.2 Å². The van der Waals surface area contributed by atoms with Crippen LogP contribution in [0.2, 0.25) is 0 Å². The molecular formula is C10H9N5. The SMILES string of the molecule is C1=C(Cn2nnc3ccccc32)N=NC1. The van der Waals surface area contributed by atoms with E-state index in [1.807, 2.05) is 35.0 Å². The summed E-state index contributed by atoms with van der Waals surface area (Å²) in [5, 5.41) is 16.1. The van der Waals surface area contributed by atoms with Gasteiger partial charge in [0.25, 0.3) is 0 Å². The Bertz CT molecular complexity index is 552. The predicted molar refractivity (Wildman–Crippen MR) is 55.3 cm³/mol. The molecule has 0 saturated carbocycles. The van der Waals surface area contributed by atoms with Crippen molar-refractivity contribution in [2.45, 2.75) is 6.54 Å². The van der Waals surface area contributed by atoms with Crippen molar-refractivity contribution in [2.24, 2.45) is 10.2 Å². The Kier molecular flexibility index (Phi) is 1.81. The van der Waals surface area contributed by atoms with Crippen molar-refractivity contribution in [3.8, 4) is 0 Å². The third-order valence-corrected chi connectivity index (χ3v) is 2.34. The molecule has 15 heavy (non-hydrogen) atoms. The maximum atomic E-state index is 4.08. The van der Waals surface area contributed by atoms with E-state index in [4.69, 9.17) is 0 Å². The molecule has 5 heteroatoms. The first-order chi connectivity index (χ1) is 7.43. The Labute approximate surface area is 86.1 Å². The molecule has 0 radical (unpaired) electrons. The minimum absolute atomic E-state index is 0.643. The minimum Gasteiger partial charge on any atom is -0.239 e. The van der Waals surface area contributed by atoms with Crippen LogP contribution in [0.3, 0.4) is 0 Å². The molecule has 0 amide bonds. The second kappa shape index (κ2) is 3.27. The van der Waals surface area contributed by atoms with Crippen molar-refractivity contribution >= 4 is 11.0 Å². The summed E-state index contributed by atoms with van der Waals surface area (Å²) in [6.45, 7) is 1.33. The van der Waals surface area contributed by atoms with Crippen LogP contribution in [0.5, 0.6) is 0 Å². The Morgan fingerprint density at radius 3 is 3.07 bits per heavy atom. The van der Waals surface area contributed by atoms with Gasteiger partial charge in [-0.25, -0.2) is 4.68 Å². The van der Waals surface area contributed by atoms with Crippen molar-refractivity contribution in [3.05, 3.63) is 36.0 Å². The first-order valence-electron chi connectivity index (χ1n) is 4.78. The summed E-state index contributed by atoms with van der Waals surface area (Å²) in [7, 11) is 0. The number of hydrogen-bond acceptors (Lipinski definition) is 4. The summed E-state index contributed by atoms with van der Waals surface area (Å²) in [6.07, 6.45) is 2.00. The number of benzene rings is 1. The number of hydrogen-bond donors (Lipinski definition) is 0. The highest BCUT2D eigenvalue weighted by Gasteiger charge is 2.06. The molecule has 2 heterocycles. The average Bonchev–Trinajstić information content (AvgIpc) is 2.89. The molecule has 1 aliphatic heterocycles. The van der Waals surface area contributed by atoms with Gasteiger partial charge in [-0.2, -0.15) is 10.2 Å². The summed E-state index contributed by atoms with van der Waals surface area (Å²) in [5.41, 5.74) is 2.89. The zero-order valence-corrected chi connectivity index (χ0v) is 8.04. The number of rotatable bonds is 2. The van der Waals surface area contributed by atoms with Gasteiger partial charge in [-0.15, -0.1) is 5.10 Å². The highest BCUT2D eigenvalue weighted by Crippen LogP contribution is 2.13. The van der Waals surface area contributed by atoms with E-state index < -0.39 is 0 Å². The fourth-order valence-corrected chi connectivity index (χ4v) is 1.60. The fourth-order valence-electron chi connectivity index (χ4n) is 1.60. The van der Waals surface area contributed by atoms with Crippen molar-refractivity contribution in [1.82, 2.24) is 15.0 Å². The number of aromatic nitrogens is 3. The Balaban J connectivity index is 2.00. The van der Waals surface area contributed by atoms with Gasteiger partial charge < -0.3 is 0 Å². The van der Waals surface area contributed by atoms with Crippen LogP contribution in [0.4, 0.5) is 0 Å². The monoisotopic (exact) mass is 199 g/mol. The Morgan fingerprint density at radius 1 is 1.27 bits per heavy atom. The van der Waals surface area contributed by atoms with Crippen molar-refractivity contribution < 1.29 is 0 Å². The fraction of sp³-hybridized carbons (Fsp3) is 0.200. The molecule has 0 aliphatic carbocycles. The molecule has 1 aromatic carbocycles. The molecule has 3 rings (SSSR count). The van der Waals surface area contributed by atoms with Gasteiger partial charge in [0.2, 0.25) is 0 Å². The van der Waals surface area contributed by atoms with Gasteiger partial charge in [0.1, 0.15) is 5.52 Å². The molecule has 0 N–H and O–H groups in total. The molecular weight excluding hydrogens is 190 g/mol. The van der Waals surface area contributed by atoms with E-state index in [9.17, 15) is 0 Å². The van der Waals surface area contributed by atoms with Gasteiger partial charge >= 0.3 is 0 Å². The largest absolute Gasteiger partial charge is 0.239 e. The van der Waals surface area contributed by atoms with Crippen molar-refractivity contribution in [3.63, 3.8) is 0 Å². The molecule has 0 saturated heterocycles. The number of azo groups is 1. The van der Waals surface area contributed by atoms with Gasteiger partial charge in [0, 0.05) is 0 Å². The molecule has 0 fully saturated rings. The van der Waals surface area contributed by atoms with Crippen LogP contribution < -0.4 is 0 Å². The number of nitrogens with zero attached hydrogens (tertiary/aromatic N) is 5. The molecule has 5 nitrogen and oxygen atoms in total. The van der Waals surface area contributed by atoms with Crippen LogP contribution in [-0.2, 0) is 6.54 Å². The van der Waals surface area contributed by atoms with Gasteiger partial charge in [-0.3, -0.25) is 0 Å². The highest BCUT2D eigenvalue weighted by atomic mass is 15.4. The van der Waals surface area contributed by atoms with Crippen LogP contribution in [-0.4, -0.2) is 21.5 Å². The number of allylic oxidation sites excluding steroid dienone is 1. The maximum absolute atomic E-state index is 4.08. The van der Waals surface area contributed by atoms with Gasteiger partial charge in [0.05, 0.1) is 24.3 Å². The third-order valence-electron chi connectivity index (χ3n) is 2.34. The van der Waals surface area contributed by atoms with Crippen molar-refractivity contribution in [2.75, 3.05) is 6.54 Å². The Hall–Kier alpha value is -2.04. The normalized spacial score (nSPS) is 14.8. The predicted octanol–water partition coefficient (Wildman–Crippen LogP) is 1.78. The van der Waals surface area contributed by atoms with E-state index >= 15 is 0 Å². The molecule has 0 unspecified atom stereocenters. The second-order valence-corrected chi connectivity index (χ2v) is 3.36. The van der Waals surface area contributed by atoms with Crippen LogP contribution >= 0.6 is 0 Å². The van der Waals surface area contributed by atoms with Gasteiger partial charge in [0.15, 0.2) is 0 Å². The standard InChI is InChI=1S/C10H9N5/c1-2-4-10-9(3-1)13-14-15(10)7-8-5-6-11-12-8/h1-5H,6-7H2. The molecule has 74 valence electrons. The van der Waals surface area contributed by atoms with Crippen LogP contribution in [0.1, 0.15) is 0 Å². The lowest BCUT2D eigenvalue weighted by Crippen LogP contribution is -2.01. The summed E-state index contributed by atoms with van der Waals surface area (Å²) in [6, 6.07) is 7.88. The summed E-state index contributed by atoms with van der Waals surface area (Å²) >= 11 is 0. The zero-order chi connectivity index (χ0) is 10.1. The van der Waals surface area contributed by atoms with E-state index in [0.29, 0.717) is 13.1 Å². The summed E-state index contributed by atoms with van der Waals surface area (Å²) < 4.78 is 1.84. The third kappa shape index (κ3) is 1.41. The second-order valence-electron chi connectivity index (χ2n) is 3.36. The van der Waals surface area contributed by atoms with Crippen LogP contribution in [0, 0.1) is 0 Å². The first-order valence-corrected chi connectivity index (χ1v) is 4.78. The zero-order valence-electron chi connectivity index (χ0n) is 8.04. The van der Waals surface area contributed by atoms with Crippen LogP contribution in [0.25, 0.3) is 11.0 Å². The number of para-hydroxylation sites is 1. The average molecular weight is 199 g/mol. The summed E-state index contributed by atoms with van der Waals surface area (Å²) in [5.74, 6) is 0. The molecule has 1 aromatic heterocycles. The smallest absolute Gasteiger partial charge is 0.113 e. The lowest BCUT2D eigenvalue weighted by Gasteiger charge is -1.98. The minimum atomic E-state index is 0.643. The van der Waals surface area contributed by atoms with E-state index in [-0.39, 0.29) is 0 Å². The quantitative estimate of drug-likeness (QED) is 0.740. The van der Waals surface area contributed by atoms with E-state index in [2.05, 4.69) is 20.5 Å². The van der Waals surface area contributed by atoms with Crippen molar-refractivity contribution in [1.29, 1.82) is 0 Å². The maximum Gasteiger partial charge on any atom is 0.113 e. The Morgan fingerprint density at radius 2 is 2.20 bits per heavy atom.